The van der Waals surface area contributed by atoms with Gasteiger partial charge >= 0.3 is 6.36 Å². The average Bonchev–Trinajstić information content (AvgIpc) is 2.27. The number of ketones is 1. The van der Waals surface area contributed by atoms with Crippen LogP contribution in [0.2, 0.25) is 0 Å². The van der Waals surface area contributed by atoms with Crippen molar-refractivity contribution in [2.24, 2.45) is 0 Å². The topological polar surface area (TPSA) is 26.3 Å². The van der Waals surface area contributed by atoms with Gasteiger partial charge in [0.15, 0.2) is 5.78 Å². The van der Waals surface area contributed by atoms with Crippen LogP contribution in [-0.4, -0.2) is 17.5 Å². The molecule has 0 saturated heterocycles. The highest BCUT2D eigenvalue weighted by Gasteiger charge is 2.44. The highest BCUT2D eigenvalue weighted by Crippen LogP contribution is 2.45. The van der Waals surface area contributed by atoms with Crippen molar-refractivity contribution in [1.82, 2.24) is 0 Å². The van der Waals surface area contributed by atoms with E-state index in [9.17, 15) is 18.0 Å². The number of carbonyl (C=O) groups is 1. The van der Waals surface area contributed by atoms with Gasteiger partial charge in [-0.05, 0) is 30.5 Å². The van der Waals surface area contributed by atoms with E-state index < -0.39 is 11.8 Å². The molecule has 0 bridgehead atoms. The second-order valence-corrected chi connectivity index (χ2v) is 5.13. The number of Topliss-reactive ketones (excluding diaryl/α,β-unsaturated/α-hetero) is 1. The molecule has 1 aromatic rings. The first-order valence-electron chi connectivity index (χ1n) is 5.83. The Kier molecular flexibility index (Phi) is 3.90. The summed E-state index contributed by atoms with van der Waals surface area (Å²) in [6.07, 6.45) is -2.24. The van der Waals surface area contributed by atoms with E-state index in [0.717, 1.165) is 24.8 Å². The normalized spacial score (nSPS) is 17.7. The molecule has 0 aliphatic heterocycles. The predicted molar refractivity (Wildman–Crippen MR) is 67.5 cm³/mol. The lowest BCUT2D eigenvalue weighted by molar-refractivity contribution is -0.274. The fourth-order valence-electron chi connectivity index (χ4n) is 2.36. The summed E-state index contributed by atoms with van der Waals surface area (Å²) < 4.78 is 40.0. The van der Waals surface area contributed by atoms with E-state index in [-0.39, 0.29) is 16.9 Å². The third-order valence-electron chi connectivity index (χ3n) is 3.50. The minimum absolute atomic E-state index is 0.0724. The minimum Gasteiger partial charge on any atom is -0.406 e. The van der Waals surface area contributed by atoms with Crippen molar-refractivity contribution >= 4 is 21.7 Å². The van der Waals surface area contributed by atoms with Crippen LogP contribution in [0.1, 0.15) is 24.8 Å². The van der Waals surface area contributed by atoms with Gasteiger partial charge in [-0.1, -0.05) is 34.5 Å². The number of rotatable bonds is 4. The Morgan fingerprint density at radius 1 is 1.26 bits per heavy atom. The van der Waals surface area contributed by atoms with Crippen LogP contribution in [0.4, 0.5) is 13.2 Å². The van der Waals surface area contributed by atoms with Crippen LogP contribution in [0.25, 0.3) is 0 Å². The second kappa shape index (κ2) is 5.15. The Morgan fingerprint density at radius 2 is 1.84 bits per heavy atom. The SMILES string of the molecule is O=C(CBr)C1(c2ccc(OC(F)(F)F)cc2)CCC1. The number of halogens is 4. The number of alkyl halides is 4. The monoisotopic (exact) mass is 336 g/mol. The summed E-state index contributed by atoms with van der Waals surface area (Å²) in [4.78, 5) is 12.0. The van der Waals surface area contributed by atoms with Crippen molar-refractivity contribution < 1.29 is 22.7 Å². The molecule has 19 heavy (non-hydrogen) atoms. The van der Waals surface area contributed by atoms with Crippen LogP contribution in [0.15, 0.2) is 24.3 Å². The third-order valence-corrected chi connectivity index (χ3v) is 4.01. The molecular weight excluding hydrogens is 325 g/mol. The molecule has 104 valence electrons. The summed E-state index contributed by atoms with van der Waals surface area (Å²) >= 11 is 3.15. The minimum atomic E-state index is -4.69. The molecule has 1 aliphatic rings. The fourth-order valence-corrected chi connectivity index (χ4v) is 2.90. The lowest BCUT2D eigenvalue weighted by atomic mass is 9.62. The summed E-state index contributed by atoms with van der Waals surface area (Å²) in [5.41, 5.74) is 0.234. The van der Waals surface area contributed by atoms with Gasteiger partial charge in [0, 0.05) is 0 Å². The first kappa shape index (κ1) is 14.4. The quantitative estimate of drug-likeness (QED) is 0.777. The highest BCUT2D eigenvalue weighted by molar-refractivity contribution is 9.09. The summed E-state index contributed by atoms with van der Waals surface area (Å²) in [5.74, 6) is -0.194. The lowest BCUT2D eigenvalue weighted by Gasteiger charge is -2.40. The molecule has 1 fully saturated rings. The van der Waals surface area contributed by atoms with Gasteiger partial charge in [0.25, 0.3) is 0 Å². The number of hydrogen-bond donors (Lipinski definition) is 0. The van der Waals surface area contributed by atoms with E-state index in [0.29, 0.717) is 0 Å². The van der Waals surface area contributed by atoms with Crippen molar-refractivity contribution in [3.05, 3.63) is 29.8 Å². The summed E-state index contributed by atoms with van der Waals surface area (Å²) in [7, 11) is 0. The fraction of sp³-hybridized carbons (Fsp3) is 0.462. The van der Waals surface area contributed by atoms with E-state index in [1.165, 1.54) is 12.1 Å². The van der Waals surface area contributed by atoms with Gasteiger partial charge in [-0.25, -0.2) is 0 Å². The molecule has 0 atom stereocenters. The van der Waals surface area contributed by atoms with Gasteiger partial charge < -0.3 is 4.74 Å². The maximum atomic E-state index is 12.1. The molecule has 0 spiro atoms. The lowest BCUT2D eigenvalue weighted by Crippen LogP contribution is -2.43. The van der Waals surface area contributed by atoms with Gasteiger partial charge in [0.1, 0.15) is 5.75 Å². The number of carbonyl (C=O) groups excluding carboxylic acids is 1. The van der Waals surface area contributed by atoms with E-state index in [1.807, 2.05) is 0 Å². The van der Waals surface area contributed by atoms with E-state index in [4.69, 9.17) is 0 Å². The Morgan fingerprint density at radius 3 is 2.21 bits per heavy atom. The molecule has 0 aromatic heterocycles. The van der Waals surface area contributed by atoms with Gasteiger partial charge in [0.2, 0.25) is 0 Å². The molecule has 1 aliphatic carbocycles. The van der Waals surface area contributed by atoms with Crippen molar-refractivity contribution in [1.29, 1.82) is 0 Å². The molecule has 0 unspecified atom stereocenters. The molecule has 0 heterocycles. The zero-order valence-electron chi connectivity index (χ0n) is 9.97. The molecular formula is C13H12BrF3O2. The molecule has 1 saturated carbocycles. The third kappa shape index (κ3) is 2.94. The van der Waals surface area contributed by atoms with E-state index in [2.05, 4.69) is 20.7 Å². The molecule has 0 radical (unpaired) electrons. The Hall–Kier alpha value is -1.04. The van der Waals surface area contributed by atoms with E-state index >= 15 is 0 Å². The molecule has 2 nitrogen and oxygen atoms in total. The number of hydrogen-bond acceptors (Lipinski definition) is 2. The molecule has 0 amide bonds. The van der Waals surface area contributed by atoms with Crippen molar-refractivity contribution in [2.45, 2.75) is 31.0 Å². The maximum Gasteiger partial charge on any atom is 0.573 e. The van der Waals surface area contributed by atoms with Crippen LogP contribution in [0.3, 0.4) is 0 Å². The maximum absolute atomic E-state index is 12.1. The van der Waals surface area contributed by atoms with Crippen molar-refractivity contribution in [2.75, 3.05) is 5.33 Å². The summed E-state index contributed by atoms with van der Waals surface area (Å²) in [5, 5.41) is 0.258. The summed E-state index contributed by atoms with van der Waals surface area (Å²) in [6, 6.07) is 5.59. The van der Waals surface area contributed by atoms with Crippen LogP contribution in [0.5, 0.6) is 5.75 Å². The Balaban J connectivity index is 2.20. The number of ether oxygens (including phenoxy) is 1. The molecule has 0 N–H and O–H groups in total. The van der Waals surface area contributed by atoms with E-state index in [1.54, 1.807) is 12.1 Å². The van der Waals surface area contributed by atoms with Gasteiger partial charge in [-0.15, -0.1) is 13.2 Å². The van der Waals surface area contributed by atoms with Crippen LogP contribution in [-0.2, 0) is 10.2 Å². The highest BCUT2D eigenvalue weighted by atomic mass is 79.9. The Bertz CT molecular complexity index is 464. The summed E-state index contributed by atoms with van der Waals surface area (Å²) in [6.45, 7) is 0. The molecule has 6 heteroatoms. The Labute approximate surface area is 117 Å². The predicted octanol–water partition coefficient (Wildman–Crippen LogP) is 3.97. The van der Waals surface area contributed by atoms with Crippen LogP contribution in [0, 0.1) is 0 Å². The first-order chi connectivity index (χ1) is 8.87. The zero-order valence-corrected chi connectivity index (χ0v) is 11.6. The van der Waals surface area contributed by atoms with Crippen molar-refractivity contribution in [3.63, 3.8) is 0 Å². The van der Waals surface area contributed by atoms with Crippen LogP contribution >= 0.6 is 15.9 Å². The van der Waals surface area contributed by atoms with Crippen molar-refractivity contribution in [3.8, 4) is 5.75 Å². The number of benzene rings is 1. The van der Waals surface area contributed by atoms with Crippen LogP contribution < -0.4 is 4.74 Å². The largest absolute Gasteiger partial charge is 0.573 e. The average molecular weight is 337 g/mol. The zero-order chi connectivity index (χ0) is 14.1. The smallest absolute Gasteiger partial charge is 0.406 e. The molecule has 2 rings (SSSR count). The standard InChI is InChI=1S/C13H12BrF3O2/c14-8-11(18)12(6-1-7-12)9-2-4-10(5-3-9)19-13(15,16)17/h2-5H,1,6-8H2. The first-order valence-corrected chi connectivity index (χ1v) is 6.95. The van der Waals surface area contributed by atoms with Gasteiger partial charge in [-0.2, -0.15) is 0 Å². The second-order valence-electron chi connectivity index (χ2n) is 4.56. The van der Waals surface area contributed by atoms with Gasteiger partial charge in [-0.3, -0.25) is 4.79 Å². The van der Waals surface area contributed by atoms with Gasteiger partial charge in [0.05, 0.1) is 10.7 Å². The molecule has 1 aromatic carbocycles.